The number of carbonyl (C=O) groups is 2. The van der Waals surface area contributed by atoms with Gasteiger partial charge in [0.05, 0.1) is 31.0 Å². The first-order valence-electron chi connectivity index (χ1n) is 8.71. The maximum absolute atomic E-state index is 12.6. The SMILES string of the molecule is CCC1(NC(=O)C2CC(=O)N(c3cnn(CCOC)c3)C2)CCC1. The highest BCUT2D eigenvalue weighted by Crippen LogP contribution is 2.35. The van der Waals surface area contributed by atoms with Gasteiger partial charge in [-0.25, -0.2) is 0 Å². The molecule has 1 aliphatic carbocycles. The van der Waals surface area contributed by atoms with Crippen LogP contribution in [0.1, 0.15) is 39.0 Å². The minimum absolute atomic E-state index is 0.0131. The number of hydrogen-bond acceptors (Lipinski definition) is 4. The van der Waals surface area contributed by atoms with E-state index in [9.17, 15) is 9.59 Å². The predicted octanol–water partition coefficient (Wildman–Crippen LogP) is 1.33. The molecular weight excluding hydrogens is 308 g/mol. The molecule has 7 nitrogen and oxygen atoms in total. The van der Waals surface area contributed by atoms with Crippen LogP contribution in [0.5, 0.6) is 0 Å². The molecule has 2 heterocycles. The molecule has 0 aromatic carbocycles. The Labute approximate surface area is 142 Å². The lowest BCUT2D eigenvalue weighted by Crippen LogP contribution is -2.54. The molecule has 0 radical (unpaired) electrons. The lowest BCUT2D eigenvalue weighted by atomic mass is 9.74. The number of carbonyl (C=O) groups excluding carboxylic acids is 2. The molecule has 24 heavy (non-hydrogen) atoms. The van der Waals surface area contributed by atoms with E-state index in [0.29, 0.717) is 19.7 Å². The number of rotatable bonds is 7. The summed E-state index contributed by atoms with van der Waals surface area (Å²) in [7, 11) is 1.64. The van der Waals surface area contributed by atoms with Gasteiger partial charge >= 0.3 is 0 Å². The third kappa shape index (κ3) is 3.31. The number of nitrogens with zero attached hydrogens (tertiary/aromatic N) is 3. The largest absolute Gasteiger partial charge is 0.383 e. The summed E-state index contributed by atoms with van der Waals surface area (Å²) in [6.07, 6.45) is 8.00. The predicted molar refractivity (Wildman–Crippen MR) is 89.6 cm³/mol. The molecule has 1 saturated carbocycles. The second kappa shape index (κ2) is 6.93. The second-order valence-corrected chi connectivity index (χ2v) is 6.84. The summed E-state index contributed by atoms with van der Waals surface area (Å²) >= 11 is 0. The van der Waals surface area contributed by atoms with E-state index in [1.165, 1.54) is 6.42 Å². The maximum Gasteiger partial charge on any atom is 0.227 e. The van der Waals surface area contributed by atoms with Gasteiger partial charge in [0.25, 0.3) is 0 Å². The van der Waals surface area contributed by atoms with Gasteiger partial charge in [0.1, 0.15) is 0 Å². The molecule has 132 valence electrons. The van der Waals surface area contributed by atoms with Crippen LogP contribution in [0.3, 0.4) is 0 Å². The van der Waals surface area contributed by atoms with Crippen molar-refractivity contribution in [3.8, 4) is 0 Å². The highest BCUT2D eigenvalue weighted by atomic mass is 16.5. The van der Waals surface area contributed by atoms with Crippen LogP contribution in [-0.2, 0) is 20.9 Å². The third-order valence-corrected chi connectivity index (χ3v) is 5.33. The molecule has 0 bridgehead atoms. The van der Waals surface area contributed by atoms with Crippen molar-refractivity contribution in [2.75, 3.05) is 25.2 Å². The Hall–Kier alpha value is -1.89. The van der Waals surface area contributed by atoms with Crippen LogP contribution < -0.4 is 10.2 Å². The van der Waals surface area contributed by atoms with E-state index in [0.717, 1.165) is 24.9 Å². The molecule has 1 atom stereocenters. The van der Waals surface area contributed by atoms with E-state index in [1.54, 1.807) is 22.9 Å². The summed E-state index contributed by atoms with van der Waals surface area (Å²) in [5.41, 5.74) is 0.721. The lowest BCUT2D eigenvalue weighted by Gasteiger charge is -2.42. The molecule has 1 unspecified atom stereocenters. The molecular formula is C17H26N4O3. The van der Waals surface area contributed by atoms with Crippen LogP contribution >= 0.6 is 0 Å². The molecule has 0 spiro atoms. The van der Waals surface area contributed by atoms with Crippen LogP contribution in [0.15, 0.2) is 12.4 Å². The fraction of sp³-hybridized carbons (Fsp3) is 0.706. The molecule has 1 aromatic heterocycles. The number of aromatic nitrogens is 2. The van der Waals surface area contributed by atoms with Gasteiger partial charge in [-0.15, -0.1) is 0 Å². The van der Waals surface area contributed by atoms with Gasteiger partial charge in [-0.3, -0.25) is 14.3 Å². The van der Waals surface area contributed by atoms with Crippen molar-refractivity contribution < 1.29 is 14.3 Å². The van der Waals surface area contributed by atoms with Crippen LogP contribution in [-0.4, -0.2) is 47.4 Å². The van der Waals surface area contributed by atoms with Crippen LogP contribution in [0.25, 0.3) is 0 Å². The number of hydrogen-bond donors (Lipinski definition) is 1. The average molecular weight is 334 g/mol. The van der Waals surface area contributed by atoms with E-state index in [-0.39, 0.29) is 29.7 Å². The topological polar surface area (TPSA) is 76.5 Å². The lowest BCUT2D eigenvalue weighted by molar-refractivity contribution is -0.129. The van der Waals surface area contributed by atoms with Crippen molar-refractivity contribution in [3.63, 3.8) is 0 Å². The van der Waals surface area contributed by atoms with E-state index >= 15 is 0 Å². The van der Waals surface area contributed by atoms with Crippen molar-refractivity contribution in [3.05, 3.63) is 12.4 Å². The first kappa shape index (κ1) is 17.0. The molecule has 7 heteroatoms. The molecule has 2 fully saturated rings. The minimum Gasteiger partial charge on any atom is -0.383 e. The molecule has 1 N–H and O–H groups in total. The fourth-order valence-corrected chi connectivity index (χ4v) is 3.47. The summed E-state index contributed by atoms with van der Waals surface area (Å²) < 4.78 is 6.78. The smallest absolute Gasteiger partial charge is 0.227 e. The van der Waals surface area contributed by atoms with E-state index in [4.69, 9.17) is 4.74 Å². The van der Waals surface area contributed by atoms with E-state index in [2.05, 4.69) is 17.3 Å². The number of amides is 2. The van der Waals surface area contributed by atoms with Gasteiger partial charge in [0.15, 0.2) is 0 Å². The molecule has 1 saturated heterocycles. The molecule has 3 rings (SSSR count). The van der Waals surface area contributed by atoms with Crippen LogP contribution in [0.4, 0.5) is 5.69 Å². The Kier molecular flexibility index (Phi) is 4.89. The molecule has 2 aliphatic rings. The van der Waals surface area contributed by atoms with Crippen molar-refractivity contribution in [2.24, 2.45) is 5.92 Å². The van der Waals surface area contributed by atoms with Crippen molar-refractivity contribution >= 4 is 17.5 Å². The first-order valence-corrected chi connectivity index (χ1v) is 8.71. The van der Waals surface area contributed by atoms with Crippen molar-refractivity contribution in [2.45, 2.75) is 51.1 Å². The van der Waals surface area contributed by atoms with Gasteiger partial charge < -0.3 is 15.0 Å². The molecule has 2 amide bonds. The number of anilines is 1. The highest BCUT2D eigenvalue weighted by molar-refractivity contribution is 6.00. The summed E-state index contributed by atoms with van der Waals surface area (Å²) in [6.45, 7) is 3.75. The van der Waals surface area contributed by atoms with Gasteiger partial charge in [-0.2, -0.15) is 5.10 Å². The Morgan fingerprint density at radius 2 is 2.29 bits per heavy atom. The monoisotopic (exact) mass is 334 g/mol. The Morgan fingerprint density at radius 1 is 1.50 bits per heavy atom. The van der Waals surface area contributed by atoms with Crippen molar-refractivity contribution in [1.29, 1.82) is 0 Å². The van der Waals surface area contributed by atoms with Gasteiger partial charge in [-0.05, 0) is 25.7 Å². The van der Waals surface area contributed by atoms with Gasteiger partial charge in [0, 0.05) is 31.8 Å². The van der Waals surface area contributed by atoms with E-state index in [1.807, 2.05) is 6.20 Å². The summed E-state index contributed by atoms with van der Waals surface area (Å²) in [5, 5.41) is 7.43. The third-order valence-electron chi connectivity index (χ3n) is 5.33. The zero-order valence-electron chi connectivity index (χ0n) is 14.5. The summed E-state index contributed by atoms with van der Waals surface area (Å²) in [6, 6.07) is 0. The quantitative estimate of drug-likeness (QED) is 0.816. The van der Waals surface area contributed by atoms with Gasteiger partial charge in [-0.1, -0.05) is 6.92 Å². The molecule has 1 aromatic rings. The first-order chi connectivity index (χ1) is 11.6. The number of methoxy groups -OCH3 is 1. The highest BCUT2D eigenvalue weighted by Gasteiger charge is 2.41. The fourth-order valence-electron chi connectivity index (χ4n) is 3.47. The normalized spacial score (nSPS) is 22.5. The van der Waals surface area contributed by atoms with Crippen LogP contribution in [0.2, 0.25) is 0 Å². The number of ether oxygens (including phenoxy) is 1. The summed E-state index contributed by atoms with van der Waals surface area (Å²) in [5.74, 6) is -0.274. The Balaban J connectivity index is 1.60. The average Bonchev–Trinajstić information content (AvgIpc) is 3.15. The number of nitrogens with one attached hydrogen (secondary N) is 1. The Morgan fingerprint density at radius 3 is 2.92 bits per heavy atom. The standard InChI is InChI=1S/C17H26N4O3/c1-3-17(5-4-6-17)19-16(23)13-9-15(22)21(11-13)14-10-18-20(12-14)7-8-24-2/h10,12-13H,3-9,11H2,1-2H3,(H,19,23). The van der Waals surface area contributed by atoms with Gasteiger partial charge in [0.2, 0.25) is 11.8 Å². The van der Waals surface area contributed by atoms with Crippen molar-refractivity contribution in [1.82, 2.24) is 15.1 Å². The Bertz CT molecular complexity index is 603. The maximum atomic E-state index is 12.6. The summed E-state index contributed by atoms with van der Waals surface area (Å²) in [4.78, 5) is 26.5. The zero-order valence-corrected chi connectivity index (χ0v) is 14.5. The van der Waals surface area contributed by atoms with Crippen LogP contribution in [0, 0.1) is 5.92 Å². The minimum atomic E-state index is -0.274. The molecule has 1 aliphatic heterocycles. The zero-order chi connectivity index (χ0) is 17.2. The van der Waals surface area contributed by atoms with E-state index < -0.39 is 0 Å². The second-order valence-electron chi connectivity index (χ2n) is 6.84.